The molecule has 106 valence electrons. The smallest absolute Gasteiger partial charge is 0.0904 e. The molecule has 1 aliphatic carbocycles. The standard InChI is InChI=1S/C17H22N2O/c1-2-18-13-8-10-17(20,11-9-13)15-6-3-7-16-14(15)5-4-12-19-16/h3-7,12-13,18,20H,2,8-11H2,1H3. The molecule has 0 bridgehead atoms. The Morgan fingerprint density at radius 2 is 2.05 bits per heavy atom. The molecule has 0 radical (unpaired) electrons. The van der Waals surface area contributed by atoms with E-state index in [1.54, 1.807) is 6.20 Å². The predicted molar refractivity (Wildman–Crippen MR) is 81.6 cm³/mol. The Balaban J connectivity index is 1.91. The van der Waals surface area contributed by atoms with Crippen molar-refractivity contribution in [2.75, 3.05) is 6.54 Å². The Hall–Kier alpha value is -1.45. The summed E-state index contributed by atoms with van der Waals surface area (Å²) >= 11 is 0. The Kier molecular flexibility index (Phi) is 3.72. The van der Waals surface area contributed by atoms with Gasteiger partial charge in [-0.2, -0.15) is 0 Å². The molecule has 20 heavy (non-hydrogen) atoms. The first-order chi connectivity index (χ1) is 9.73. The molecule has 1 aromatic carbocycles. The number of hydrogen-bond donors (Lipinski definition) is 2. The van der Waals surface area contributed by atoms with Gasteiger partial charge in [0.1, 0.15) is 0 Å². The SMILES string of the molecule is CCNC1CCC(O)(c2cccc3ncccc23)CC1. The third-order valence-electron chi connectivity index (χ3n) is 4.45. The van der Waals surface area contributed by atoms with Crippen LogP contribution in [0, 0.1) is 0 Å². The van der Waals surface area contributed by atoms with Crippen molar-refractivity contribution in [1.29, 1.82) is 0 Å². The zero-order valence-corrected chi connectivity index (χ0v) is 12.0. The van der Waals surface area contributed by atoms with E-state index in [-0.39, 0.29) is 0 Å². The number of rotatable bonds is 3. The monoisotopic (exact) mass is 270 g/mol. The maximum absolute atomic E-state index is 11.1. The summed E-state index contributed by atoms with van der Waals surface area (Å²) in [6, 6.07) is 10.6. The first-order valence-electron chi connectivity index (χ1n) is 7.53. The van der Waals surface area contributed by atoms with Crippen LogP contribution in [0.3, 0.4) is 0 Å². The van der Waals surface area contributed by atoms with Gasteiger partial charge in [-0.1, -0.05) is 25.1 Å². The van der Waals surface area contributed by atoms with E-state index in [1.165, 1.54) is 0 Å². The van der Waals surface area contributed by atoms with Crippen LogP contribution >= 0.6 is 0 Å². The number of pyridine rings is 1. The Labute approximate surface area is 120 Å². The second-order valence-electron chi connectivity index (χ2n) is 5.74. The third kappa shape index (κ3) is 2.43. The highest BCUT2D eigenvalue weighted by atomic mass is 16.3. The summed E-state index contributed by atoms with van der Waals surface area (Å²) in [5.74, 6) is 0. The number of nitrogens with zero attached hydrogens (tertiary/aromatic N) is 1. The molecule has 2 N–H and O–H groups in total. The number of fused-ring (bicyclic) bond motifs is 1. The zero-order chi connectivity index (χ0) is 14.0. The Morgan fingerprint density at radius 1 is 1.25 bits per heavy atom. The number of benzene rings is 1. The molecule has 1 fully saturated rings. The quantitative estimate of drug-likeness (QED) is 0.901. The van der Waals surface area contributed by atoms with Gasteiger partial charge in [-0.3, -0.25) is 4.98 Å². The lowest BCUT2D eigenvalue weighted by Crippen LogP contribution is -2.39. The molecule has 1 aromatic heterocycles. The van der Waals surface area contributed by atoms with Gasteiger partial charge in [0, 0.05) is 17.6 Å². The molecule has 0 amide bonds. The molecule has 0 spiro atoms. The molecule has 2 aromatic rings. The van der Waals surface area contributed by atoms with Crippen molar-refractivity contribution in [3.63, 3.8) is 0 Å². The molecule has 1 aliphatic rings. The summed E-state index contributed by atoms with van der Waals surface area (Å²) in [6.45, 7) is 3.14. The topological polar surface area (TPSA) is 45.1 Å². The first-order valence-corrected chi connectivity index (χ1v) is 7.53. The van der Waals surface area contributed by atoms with Crippen LogP contribution < -0.4 is 5.32 Å². The minimum atomic E-state index is -0.700. The van der Waals surface area contributed by atoms with Gasteiger partial charge in [-0.05, 0) is 49.9 Å². The predicted octanol–water partition coefficient (Wildman–Crippen LogP) is 2.97. The summed E-state index contributed by atoms with van der Waals surface area (Å²) in [6.07, 6.45) is 5.50. The number of nitrogens with one attached hydrogen (secondary N) is 1. The molecule has 3 rings (SSSR count). The fourth-order valence-electron chi connectivity index (χ4n) is 3.37. The zero-order valence-electron chi connectivity index (χ0n) is 12.0. The lowest BCUT2D eigenvalue weighted by Gasteiger charge is -2.37. The van der Waals surface area contributed by atoms with Crippen molar-refractivity contribution < 1.29 is 5.11 Å². The number of hydrogen-bond acceptors (Lipinski definition) is 3. The molecule has 0 aliphatic heterocycles. The summed E-state index contributed by atoms with van der Waals surface area (Å²) < 4.78 is 0. The van der Waals surface area contributed by atoms with Crippen LogP contribution in [0.15, 0.2) is 36.5 Å². The summed E-state index contributed by atoms with van der Waals surface area (Å²) in [5.41, 5.74) is 1.30. The van der Waals surface area contributed by atoms with Crippen molar-refractivity contribution in [2.24, 2.45) is 0 Å². The van der Waals surface area contributed by atoms with Crippen LogP contribution in [0.4, 0.5) is 0 Å². The minimum absolute atomic E-state index is 0.549. The third-order valence-corrected chi connectivity index (χ3v) is 4.45. The minimum Gasteiger partial charge on any atom is -0.385 e. The van der Waals surface area contributed by atoms with E-state index in [2.05, 4.69) is 29.4 Å². The van der Waals surface area contributed by atoms with Crippen molar-refractivity contribution in [3.8, 4) is 0 Å². The summed E-state index contributed by atoms with van der Waals surface area (Å²) in [4.78, 5) is 4.39. The van der Waals surface area contributed by atoms with Crippen molar-refractivity contribution in [1.82, 2.24) is 10.3 Å². The van der Waals surface area contributed by atoms with E-state index in [9.17, 15) is 5.11 Å². The normalized spacial score (nSPS) is 26.8. The van der Waals surface area contributed by atoms with Crippen molar-refractivity contribution in [2.45, 2.75) is 44.2 Å². The molecule has 1 heterocycles. The molecular formula is C17H22N2O. The van der Waals surface area contributed by atoms with E-state index in [0.717, 1.165) is 48.7 Å². The molecule has 0 saturated heterocycles. The van der Waals surface area contributed by atoms with Crippen LogP contribution in [-0.4, -0.2) is 22.7 Å². The van der Waals surface area contributed by atoms with Gasteiger partial charge in [-0.25, -0.2) is 0 Å². The van der Waals surface area contributed by atoms with Crippen LogP contribution in [0.2, 0.25) is 0 Å². The number of aromatic nitrogens is 1. The molecule has 1 saturated carbocycles. The second kappa shape index (κ2) is 5.51. The highest BCUT2D eigenvalue weighted by molar-refractivity contribution is 5.82. The van der Waals surface area contributed by atoms with E-state index >= 15 is 0 Å². The summed E-state index contributed by atoms with van der Waals surface area (Å²) in [5, 5.41) is 15.6. The van der Waals surface area contributed by atoms with Crippen molar-refractivity contribution in [3.05, 3.63) is 42.1 Å². The second-order valence-corrected chi connectivity index (χ2v) is 5.74. The van der Waals surface area contributed by atoms with E-state index in [4.69, 9.17) is 0 Å². The lowest BCUT2D eigenvalue weighted by atomic mass is 9.76. The maximum atomic E-state index is 11.1. The highest BCUT2D eigenvalue weighted by Gasteiger charge is 2.35. The van der Waals surface area contributed by atoms with Gasteiger partial charge < -0.3 is 10.4 Å². The molecule has 0 atom stereocenters. The van der Waals surface area contributed by atoms with Crippen LogP contribution in [-0.2, 0) is 5.60 Å². The van der Waals surface area contributed by atoms with Crippen LogP contribution in [0.1, 0.15) is 38.2 Å². The van der Waals surface area contributed by atoms with Gasteiger partial charge in [0.05, 0.1) is 11.1 Å². The van der Waals surface area contributed by atoms with Gasteiger partial charge >= 0.3 is 0 Å². The van der Waals surface area contributed by atoms with Gasteiger partial charge in [0.15, 0.2) is 0 Å². The van der Waals surface area contributed by atoms with E-state index < -0.39 is 5.60 Å². The fourth-order valence-corrected chi connectivity index (χ4v) is 3.37. The maximum Gasteiger partial charge on any atom is 0.0904 e. The lowest BCUT2D eigenvalue weighted by molar-refractivity contribution is -0.00682. The largest absolute Gasteiger partial charge is 0.385 e. The van der Waals surface area contributed by atoms with E-state index in [1.807, 2.05) is 18.2 Å². The average Bonchev–Trinajstić information content (AvgIpc) is 2.49. The van der Waals surface area contributed by atoms with Gasteiger partial charge in [-0.15, -0.1) is 0 Å². The molecule has 3 nitrogen and oxygen atoms in total. The van der Waals surface area contributed by atoms with E-state index in [0.29, 0.717) is 6.04 Å². The molecular weight excluding hydrogens is 248 g/mol. The fraction of sp³-hybridized carbons (Fsp3) is 0.471. The first kappa shape index (κ1) is 13.5. The Bertz CT molecular complexity index is 583. The number of aliphatic hydroxyl groups is 1. The van der Waals surface area contributed by atoms with Crippen LogP contribution in [0.25, 0.3) is 10.9 Å². The highest BCUT2D eigenvalue weighted by Crippen LogP contribution is 2.39. The molecule has 0 unspecified atom stereocenters. The van der Waals surface area contributed by atoms with Crippen molar-refractivity contribution >= 4 is 10.9 Å². The van der Waals surface area contributed by atoms with Crippen LogP contribution in [0.5, 0.6) is 0 Å². The van der Waals surface area contributed by atoms with Gasteiger partial charge in [0.25, 0.3) is 0 Å². The Morgan fingerprint density at radius 3 is 2.80 bits per heavy atom. The van der Waals surface area contributed by atoms with Gasteiger partial charge in [0.2, 0.25) is 0 Å². The average molecular weight is 270 g/mol. The summed E-state index contributed by atoms with van der Waals surface area (Å²) in [7, 11) is 0. The molecule has 3 heteroatoms.